The molecule has 0 radical (unpaired) electrons. The smallest absolute Gasteiger partial charge is 0.228 e. The van der Waals surface area contributed by atoms with Gasteiger partial charge in [-0.05, 0) is 49.4 Å². The third-order valence-corrected chi connectivity index (χ3v) is 5.33. The Hall–Kier alpha value is -2.19. The van der Waals surface area contributed by atoms with Gasteiger partial charge in [0.2, 0.25) is 0 Å². The molecule has 0 fully saturated rings. The Morgan fingerprint density at radius 2 is 1.64 bits per heavy atom. The van der Waals surface area contributed by atoms with Crippen LogP contribution < -0.4 is 0 Å². The van der Waals surface area contributed by atoms with E-state index < -0.39 is 11.7 Å². The SMILES string of the molecule is Cc1nn(-c2ccc(Br)cc2)c2nc(-c3cccc(Br)c3)cc(C(F)(F)F)c12. The van der Waals surface area contributed by atoms with Gasteiger partial charge in [0.25, 0.3) is 0 Å². The summed E-state index contributed by atoms with van der Waals surface area (Å²) in [5.74, 6) is 0. The van der Waals surface area contributed by atoms with Crippen LogP contribution in [0.1, 0.15) is 11.3 Å². The number of halogens is 5. The summed E-state index contributed by atoms with van der Waals surface area (Å²) in [4.78, 5) is 4.55. The number of alkyl halides is 3. The highest BCUT2D eigenvalue weighted by molar-refractivity contribution is 9.10. The summed E-state index contributed by atoms with van der Waals surface area (Å²) in [7, 11) is 0. The highest BCUT2D eigenvalue weighted by Crippen LogP contribution is 2.39. The molecule has 0 aliphatic rings. The van der Waals surface area contributed by atoms with Crippen LogP contribution in [0.3, 0.4) is 0 Å². The molecule has 28 heavy (non-hydrogen) atoms. The lowest BCUT2D eigenvalue weighted by atomic mass is 10.1. The third kappa shape index (κ3) is 3.46. The van der Waals surface area contributed by atoms with Gasteiger partial charge in [-0.15, -0.1) is 0 Å². The number of pyridine rings is 1. The second-order valence-corrected chi connectivity index (χ2v) is 8.07. The second-order valence-electron chi connectivity index (χ2n) is 6.24. The van der Waals surface area contributed by atoms with Gasteiger partial charge >= 0.3 is 6.18 Å². The first-order chi connectivity index (χ1) is 13.2. The summed E-state index contributed by atoms with van der Waals surface area (Å²) in [6.45, 7) is 1.56. The fourth-order valence-corrected chi connectivity index (χ4v) is 3.73. The van der Waals surface area contributed by atoms with Gasteiger partial charge in [-0.25, -0.2) is 9.67 Å². The summed E-state index contributed by atoms with van der Waals surface area (Å²) >= 11 is 6.72. The van der Waals surface area contributed by atoms with E-state index in [2.05, 4.69) is 41.9 Å². The Kier molecular flexibility index (Phi) is 4.79. The molecule has 4 rings (SSSR count). The Morgan fingerprint density at radius 3 is 2.29 bits per heavy atom. The monoisotopic (exact) mass is 509 g/mol. The van der Waals surface area contributed by atoms with Crippen molar-refractivity contribution >= 4 is 42.9 Å². The van der Waals surface area contributed by atoms with Crippen LogP contribution in [-0.4, -0.2) is 14.8 Å². The normalized spacial score (nSPS) is 11.9. The molecule has 0 atom stereocenters. The van der Waals surface area contributed by atoms with E-state index in [1.165, 1.54) is 4.68 Å². The Balaban J connectivity index is 2.06. The van der Waals surface area contributed by atoms with Crippen molar-refractivity contribution in [3.63, 3.8) is 0 Å². The van der Waals surface area contributed by atoms with Crippen LogP contribution in [0, 0.1) is 6.92 Å². The van der Waals surface area contributed by atoms with Gasteiger partial charge < -0.3 is 0 Å². The molecule has 0 spiro atoms. The highest BCUT2D eigenvalue weighted by Gasteiger charge is 2.35. The van der Waals surface area contributed by atoms with Crippen LogP contribution in [0.15, 0.2) is 63.5 Å². The molecule has 3 nitrogen and oxygen atoms in total. The second kappa shape index (κ2) is 7.00. The minimum atomic E-state index is -4.53. The molecular weight excluding hydrogens is 499 g/mol. The van der Waals surface area contributed by atoms with Gasteiger partial charge in [0.1, 0.15) is 0 Å². The molecular formula is C20H12Br2F3N3. The minimum absolute atomic E-state index is 0.00849. The van der Waals surface area contributed by atoms with Gasteiger partial charge in [-0.2, -0.15) is 18.3 Å². The zero-order valence-corrected chi connectivity index (χ0v) is 17.6. The fourth-order valence-electron chi connectivity index (χ4n) is 3.07. The molecule has 0 saturated heterocycles. The van der Waals surface area contributed by atoms with E-state index in [0.29, 0.717) is 11.3 Å². The summed E-state index contributed by atoms with van der Waals surface area (Å²) in [5.41, 5.74) is 1.16. The Labute approximate surface area is 175 Å². The predicted molar refractivity (Wildman–Crippen MR) is 109 cm³/mol. The number of hydrogen-bond donors (Lipinski definition) is 0. The van der Waals surface area contributed by atoms with E-state index in [-0.39, 0.29) is 22.4 Å². The van der Waals surface area contributed by atoms with E-state index >= 15 is 0 Å². The largest absolute Gasteiger partial charge is 0.417 e. The number of aromatic nitrogens is 3. The van der Waals surface area contributed by atoms with Crippen molar-refractivity contribution in [2.24, 2.45) is 0 Å². The molecule has 0 saturated carbocycles. The molecule has 8 heteroatoms. The molecule has 0 unspecified atom stereocenters. The lowest BCUT2D eigenvalue weighted by Crippen LogP contribution is -2.08. The number of fused-ring (bicyclic) bond motifs is 1. The number of nitrogens with zero attached hydrogens (tertiary/aromatic N) is 3. The molecule has 4 aromatic rings. The molecule has 2 heterocycles. The summed E-state index contributed by atoms with van der Waals surface area (Å²) in [5, 5.41) is 4.35. The van der Waals surface area contributed by atoms with Crippen LogP contribution in [0.5, 0.6) is 0 Å². The van der Waals surface area contributed by atoms with Gasteiger partial charge in [-0.1, -0.05) is 44.0 Å². The van der Waals surface area contributed by atoms with E-state index in [1.807, 2.05) is 6.07 Å². The van der Waals surface area contributed by atoms with Crippen LogP contribution in [-0.2, 0) is 6.18 Å². The van der Waals surface area contributed by atoms with Gasteiger partial charge in [0, 0.05) is 14.5 Å². The topological polar surface area (TPSA) is 30.7 Å². The fraction of sp³-hybridized carbons (Fsp3) is 0.100. The molecule has 2 aromatic carbocycles. The lowest BCUT2D eigenvalue weighted by Gasteiger charge is -2.12. The maximum atomic E-state index is 13.9. The van der Waals surface area contributed by atoms with E-state index in [4.69, 9.17) is 0 Å². The molecule has 142 valence electrons. The lowest BCUT2D eigenvalue weighted by molar-refractivity contribution is -0.136. The van der Waals surface area contributed by atoms with E-state index in [1.54, 1.807) is 49.4 Å². The summed E-state index contributed by atoms with van der Waals surface area (Å²) in [6.07, 6.45) is -4.53. The summed E-state index contributed by atoms with van der Waals surface area (Å²) in [6, 6.07) is 15.3. The zero-order valence-electron chi connectivity index (χ0n) is 14.4. The van der Waals surface area contributed by atoms with Crippen LogP contribution in [0.4, 0.5) is 13.2 Å². The predicted octanol–water partition coefficient (Wildman–Crippen LogP) is 6.94. The third-order valence-electron chi connectivity index (χ3n) is 4.31. The van der Waals surface area contributed by atoms with E-state index in [0.717, 1.165) is 15.0 Å². The molecule has 2 aromatic heterocycles. The molecule has 0 aliphatic heterocycles. The van der Waals surface area contributed by atoms with Crippen LogP contribution in [0.25, 0.3) is 28.0 Å². The van der Waals surface area contributed by atoms with Gasteiger partial charge in [0.15, 0.2) is 5.65 Å². The van der Waals surface area contributed by atoms with E-state index in [9.17, 15) is 13.2 Å². The molecule has 0 amide bonds. The number of aryl methyl sites for hydroxylation is 1. The summed E-state index contributed by atoms with van der Waals surface area (Å²) < 4.78 is 44.6. The minimum Gasteiger partial charge on any atom is -0.228 e. The van der Waals surface area contributed by atoms with Crippen molar-refractivity contribution in [2.45, 2.75) is 13.1 Å². The van der Waals surface area contributed by atoms with Crippen molar-refractivity contribution in [3.05, 3.63) is 74.8 Å². The van der Waals surface area contributed by atoms with Gasteiger partial charge in [0.05, 0.1) is 28.0 Å². The van der Waals surface area contributed by atoms with Crippen molar-refractivity contribution in [1.82, 2.24) is 14.8 Å². The Bertz CT molecular complexity index is 1180. The number of hydrogen-bond acceptors (Lipinski definition) is 2. The van der Waals surface area contributed by atoms with Crippen LogP contribution in [0.2, 0.25) is 0 Å². The van der Waals surface area contributed by atoms with Crippen molar-refractivity contribution in [1.29, 1.82) is 0 Å². The molecule has 0 N–H and O–H groups in total. The first kappa shape index (κ1) is 19.1. The highest BCUT2D eigenvalue weighted by atomic mass is 79.9. The Morgan fingerprint density at radius 1 is 0.929 bits per heavy atom. The standard InChI is InChI=1S/C20H12Br2F3N3/c1-11-18-16(20(23,24)25)10-17(12-3-2-4-14(22)9-12)26-19(18)28(27-11)15-7-5-13(21)6-8-15/h2-10H,1H3. The quantitative estimate of drug-likeness (QED) is 0.292. The van der Waals surface area contributed by atoms with Crippen molar-refractivity contribution in [3.8, 4) is 16.9 Å². The van der Waals surface area contributed by atoms with Gasteiger partial charge in [-0.3, -0.25) is 0 Å². The average Bonchev–Trinajstić information content (AvgIpc) is 2.97. The number of rotatable bonds is 2. The average molecular weight is 511 g/mol. The maximum Gasteiger partial charge on any atom is 0.417 e. The first-order valence-corrected chi connectivity index (χ1v) is 9.82. The van der Waals surface area contributed by atoms with Crippen LogP contribution >= 0.6 is 31.9 Å². The maximum absolute atomic E-state index is 13.9. The zero-order chi connectivity index (χ0) is 20.1. The first-order valence-electron chi connectivity index (χ1n) is 8.23. The number of benzene rings is 2. The van der Waals surface area contributed by atoms with Crippen molar-refractivity contribution in [2.75, 3.05) is 0 Å². The molecule has 0 aliphatic carbocycles. The molecule has 0 bridgehead atoms. The van der Waals surface area contributed by atoms with Crippen molar-refractivity contribution < 1.29 is 13.2 Å².